The van der Waals surface area contributed by atoms with E-state index in [4.69, 9.17) is 4.74 Å². The van der Waals surface area contributed by atoms with Gasteiger partial charge < -0.3 is 17.7 Å². The van der Waals surface area contributed by atoms with Gasteiger partial charge in [-0.15, -0.1) is 18.1 Å². The minimum atomic E-state index is -5.17. The number of hydrogen-bond acceptors (Lipinski definition) is 3. The summed E-state index contributed by atoms with van der Waals surface area (Å²) in [6.07, 6.45) is 0. The molecule has 0 aromatic heterocycles. The summed E-state index contributed by atoms with van der Waals surface area (Å²) < 4.78 is 42.9. The Labute approximate surface area is 158 Å². The summed E-state index contributed by atoms with van der Waals surface area (Å²) in [5.41, 5.74) is -1.76. The number of halogens is 3. The van der Waals surface area contributed by atoms with Crippen molar-refractivity contribution in [2.75, 3.05) is 0 Å². The molecular formula is C11H13BF3KO2S. The second-order valence-electron chi connectivity index (χ2n) is 4.89. The van der Waals surface area contributed by atoms with Gasteiger partial charge in [-0.25, -0.2) is 4.79 Å². The first-order chi connectivity index (χ1) is 7.99. The van der Waals surface area contributed by atoms with Gasteiger partial charge in [0.25, 0.3) is 0 Å². The van der Waals surface area contributed by atoms with E-state index in [2.05, 4.69) is 12.6 Å². The molecule has 0 aliphatic carbocycles. The fourth-order valence-electron chi connectivity index (χ4n) is 1.28. The molecule has 1 rings (SSSR count). The second-order valence-corrected chi connectivity index (χ2v) is 5.41. The van der Waals surface area contributed by atoms with Crippen LogP contribution in [-0.2, 0) is 4.74 Å². The fourth-order valence-corrected chi connectivity index (χ4v) is 1.57. The van der Waals surface area contributed by atoms with Gasteiger partial charge in [0.15, 0.2) is 0 Å². The van der Waals surface area contributed by atoms with Crippen molar-refractivity contribution >= 4 is 31.0 Å². The Morgan fingerprint density at radius 1 is 1.21 bits per heavy atom. The van der Waals surface area contributed by atoms with Crippen LogP contribution in [0.2, 0.25) is 0 Å². The van der Waals surface area contributed by atoms with Crippen molar-refractivity contribution < 1.29 is 73.9 Å². The molecule has 0 bridgehead atoms. The van der Waals surface area contributed by atoms with Gasteiger partial charge in [0.1, 0.15) is 5.60 Å². The van der Waals surface area contributed by atoms with Crippen molar-refractivity contribution in [2.45, 2.75) is 31.3 Å². The molecule has 0 N–H and O–H groups in total. The molecular weight excluding hydrogens is 303 g/mol. The van der Waals surface area contributed by atoms with E-state index in [-0.39, 0.29) is 61.8 Å². The van der Waals surface area contributed by atoms with Crippen LogP contribution in [0.1, 0.15) is 31.1 Å². The van der Waals surface area contributed by atoms with Crippen LogP contribution < -0.4 is 56.8 Å². The molecule has 0 spiro atoms. The van der Waals surface area contributed by atoms with Crippen molar-refractivity contribution in [3.05, 3.63) is 23.8 Å². The van der Waals surface area contributed by atoms with Crippen LogP contribution in [0, 0.1) is 0 Å². The molecule has 0 saturated heterocycles. The number of benzene rings is 1. The van der Waals surface area contributed by atoms with Gasteiger partial charge in [-0.2, -0.15) is 0 Å². The number of carbonyl (C=O) groups is 1. The maximum Gasteiger partial charge on any atom is 1.00 e. The molecule has 100 valence electrons. The molecule has 19 heavy (non-hydrogen) atoms. The van der Waals surface area contributed by atoms with Crippen molar-refractivity contribution in [1.29, 1.82) is 0 Å². The van der Waals surface area contributed by atoms with E-state index in [1.54, 1.807) is 20.8 Å². The maximum absolute atomic E-state index is 12.6. The van der Waals surface area contributed by atoms with Gasteiger partial charge in [0.05, 0.1) is 5.56 Å². The van der Waals surface area contributed by atoms with Crippen molar-refractivity contribution in [3.8, 4) is 0 Å². The van der Waals surface area contributed by atoms with Crippen LogP contribution in [0.3, 0.4) is 0 Å². The second kappa shape index (κ2) is 7.00. The number of rotatable bonds is 2. The largest absolute Gasteiger partial charge is 1.00 e. The number of hydrogen-bond donors (Lipinski definition) is 1. The SMILES string of the molecule is CC(C)(C)OC(=O)c1cc(S)cc([B-](F)(F)F)c1.[K+]. The summed E-state index contributed by atoms with van der Waals surface area (Å²) >= 11 is 3.86. The van der Waals surface area contributed by atoms with Crippen LogP contribution >= 0.6 is 12.6 Å². The van der Waals surface area contributed by atoms with Crippen LogP contribution in [0.5, 0.6) is 0 Å². The molecule has 2 nitrogen and oxygen atoms in total. The average Bonchev–Trinajstić information content (AvgIpc) is 2.12. The Kier molecular flexibility index (Phi) is 7.19. The van der Waals surface area contributed by atoms with E-state index in [9.17, 15) is 17.7 Å². The first-order valence-corrected chi connectivity index (χ1v) is 5.71. The quantitative estimate of drug-likeness (QED) is 0.472. The van der Waals surface area contributed by atoms with Crippen LogP contribution in [0.15, 0.2) is 23.1 Å². The molecule has 0 fully saturated rings. The third kappa shape index (κ3) is 6.68. The Hall–Kier alpha value is 0.531. The van der Waals surface area contributed by atoms with E-state index < -0.39 is 24.0 Å². The summed E-state index contributed by atoms with van der Waals surface area (Å²) in [6.45, 7) is -0.237. The minimum absolute atomic E-state index is 0. The number of esters is 1. The first-order valence-electron chi connectivity index (χ1n) is 5.26. The zero-order valence-electron chi connectivity index (χ0n) is 11.2. The van der Waals surface area contributed by atoms with E-state index in [1.807, 2.05) is 0 Å². The third-order valence-electron chi connectivity index (χ3n) is 1.95. The molecule has 0 unspecified atom stereocenters. The van der Waals surface area contributed by atoms with Gasteiger partial charge in [-0.1, -0.05) is 12.1 Å². The van der Waals surface area contributed by atoms with E-state index in [1.165, 1.54) is 6.07 Å². The van der Waals surface area contributed by atoms with Crippen LogP contribution in [-0.4, -0.2) is 18.5 Å². The molecule has 0 amide bonds. The Morgan fingerprint density at radius 3 is 2.16 bits per heavy atom. The average molecular weight is 316 g/mol. The molecule has 8 heteroatoms. The van der Waals surface area contributed by atoms with E-state index in [0.29, 0.717) is 0 Å². The Balaban J connectivity index is 0.00000324. The zero-order valence-corrected chi connectivity index (χ0v) is 15.2. The summed E-state index contributed by atoms with van der Waals surface area (Å²) in [5.74, 6) is -0.792. The van der Waals surface area contributed by atoms with Crippen molar-refractivity contribution in [1.82, 2.24) is 0 Å². The van der Waals surface area contributed by atoms with Crippen molar-refractivity contribution in [3.63, 3.8) is 0 Å². The summed E-state index contributed by atoms with van der Waals surface area (Å²) in [4.78, 5) is 11.8. The molecule has 0 aliphatic heterocycles. The van der Waals surface area contributed by atoms with E-state index in [0.717, 1.165) is 12.1 Å². The van der Waals surface area contributed by atoms with Crippen LogP contribution in [0.4, 0.5) is 12.9 Å². The maximum atomic E-state index is 12.6. The Morgan fingerprint density at radius 2 is 1.74 bits per heavy atom. The molecule has 0 radical (unpaired) electrons. The van der Waals surface area contributed by atoms with Crippen molar-refractivity contribution in [2.24, 2.45) is 0 Å². The van der Waals surface area contributed by atoms with Gasteiger partial charge in [-0.3, -0.25) is 0 Å². The minimum Gasteiger partial charge on any atom is -0.456 e. The standard InChI is InChI=1S/C11H13BF3O2S.K/c1-11(2,3)17-10(16)7-4-8(12(13,14)15)6-9(18)5-7;/h4-6,18H,1-3H3;/q-1;+1. The van der Waals surface area contributed by atoms with E-state index >= 15 is 0 Å². The summed E-state index contributed by atoms with van der Waals surface area (Å²) in [6, 6.07) is 2.92. The predicted molar refractivity (Wildman–Crippen MR) is 67.6 cm³/mol. The normalized spacial score (nSPS) is 11.7. The summed E-state index contributed by atoms with van der Waals surface area (Å²) in [7, 11) is 0. The molecule has 0 atom stereocenters. The fraction of sp³-hybridized carbons (Fsp3) is 0.364. The van der Waals surface area contributed by atoms with Gasteiger partial charge in [-0.05, 0) is 26.8 Å². The topological polar surface area (TPSA) is 26.3 Å². The molecule has 0 saturated carbocycles. The summed E-state index contributed by atoms with van der Waals surface area (Å²) in [5, 5.41) is 0. The number of ether oxygens (including phenoxy) is 1. The molecule has 0 heterocycles. The predicted octanol–water partition coefficient (Wildman–Crippen LogP) is -0.0110. The first kappa shape index (κ1) is 19.5. The number of thiol groups is 1. The molecule has 0 aliphatic rings. The molecule has 1 aromatic rings. The number of carbonyl (C=O) groups excluding carboxylic acids is 1. The third-order valence-corrected chi connectivity index (χ3v) is 2.21. The van der Waals surface area contributed by atoms with Gasteiger partial charge >= 0.3 is 64.3 Å². The zero-order chi connectivity index (χ0) is 14.1. The van der Waals surface area contributed by atoms with Gasteiger partial charge in [0.2, 0.25) is 0 Å². The monoisotopic (exact) mass is 316 g/mol. The van der Waals surface area contributed by atoms with Crippen LogP contribution in [0.25, 0.3) is 0 Å². The van der Waals surface area contributed by atoms with Gasteiger partial charge in [0, 0.05) is 4.90 Å². The Bertz CT molecular complexity index is 472. The molecule has 1 aromatic carbocycles. The smallest absolute Gasteiger partial charge is 0.456 e.